The molecular weight excluding hydrogens is 552 g/mol. The molecule has 3 N–H and O–H groups in total. The summed E-state index contributed by atoms with van der Waals surface area (Å²) in [6, 6.07) is 12.8. The second kappa shape index (κ2) is 10.2. The molecule has 0 aliphatic carbocycles. The number of carbonyl (C=O) groups excluding carboxylic acids is 3. The predicted octanol–water partition coefficient (Wildman–Crippen LogP) is 5.34. The first-order valence-corrected chi connectivity index (χ1v) is 12.3. The molecule has 41 heavy (non-hydrogen) atoms. The number of ketones is 2. The van der Waals surface area contributed by atoms with Crippen molar-refractivity contribution in [3.8, 4) is 0 Å². The number of alkyl halides is 6. The van der Waals surface area contributed by atoms with Gasteiger partial charge in [-0.25, -0.2) is 0 Å². The van der Waals surface area contributed by atoms with E-state index >= 15 is 0 Å². The lowest BCUT2D eigenvalue weighted by molar-refractivity contribution is -0.138. The number of halogens is 6. The van der Waals surface area contributed by atoms with Gasteiger partial charge in [-0.3, -0.25) is 19.7 Å². The summed E-state index contributed by atoms with van der Waals surface area (Å²) in [5.74, 6) is -3.38. The minimum atomic E-state index is -4.93. The molecule has 0 bridgehead atoms. The molecule has 1 amide bonds. The summed E-state index contributed by atoms with van der Waals surface area (Å²) in [6.07, 6.45) is -8.59. The number of Topliss-reactive ketones (excluding diaryl/α,β-unsaturated/α-hetero) is 2. The van der Waals surface area contributed by atoms with Crippen LogP contribution in [0.3, 0.4) is 0 Å². The first-order chi connectivity index (χ1) is 19.3. The lowest BCUT2D eigenvalue weighted by Crippen LogP contribution is -2.72. The van der Waals surface area contributed by atoms with Gasteiger partial charge in [0, 0.05) is 41.2 Å². The normalized spacial score (nSPS) is 19.7. The molecule has 4 aromatic rings. The Morgan fingerprint density at radius 1 is 0.805 bits per heavy atom. The fraction of sp³-hybridized carbons (Fsp3) is 0.207. The molecule has 0 spiro atoms. The van der Waals surface area contributed by atoms with Crippen LogP contribution in [0.25, 0.3) is 10.9 Å². The number of fused-ring (bicyclic) bond motifs is 1. The Labute approximate surface area is 228 Å². The maximum absolute atomic E-state index is 14.1. The van der Waals surface area contributed by atoms with E-state index in [1.165, 1.54) is 12.1 Å². The van der Waals surface area contributed by atoms with Gasteiger partial charge in [-0.2, -0.15) is 26.3 Å². The zero-order chi connectivity index (χ0) is 29.6. The number of carbonyl (C=O) groups is 3. The van der Waals surface area contributed by atoms with E-state index in [-0.39, 0.29) is 6.42 Å². The maximum Gasteiger partial charge on any atom is 0.417 e. The maximum atomic E-state index is 14.1. The van der Waals surface area contributed by atoms with E-state index in [2.05, 4.69) is 15.6 Å². The van der Waals surface area contributed by atoms with Crippen molar-refractivity contribution >= 4 is 28.4 Å². The molecule has 2 unspecified atom stereocenters. The van der Waals surface area contributed by atoms with Gasteiger partial charge in [-0.1, -0.05) is 54.6 Å². The van der Waals surface area contributed by atoms with Gasteiger partial charge in [0.15, 0.2) is 17.6 Å². The van der Waals surface area contributed by atoms with Gasteiger partial charge in [0.05, 0.1) is 11.1 Å². The largest absolute Gasteiger partial charge is 0.417 e. The third-order valence-electron chi connectivity index (χ3n) is 7.09. The molecule has 1 aliphatic rings. The SMILES string of the molecule is O=C1NCC(Cc2c[nH]c3ccccc23)(C(=O)c2ccccc2C(F)(F)F)NC1C(=O)c1ccccc1C(F)(F)F. The van der Waals surface area contributed by atoms with Crippen LogP contribution in [0.15, 0.2) is 79.0 Å². The molecule has 1 saturated heterocycles. The molecule has 5 rings (SSSR count). The third-order valence-corrected chi connectivity index (χ3v) is 7.09. The van der Waals surface area contributed by atoms with E-state index in [1.54, 1.807) is 30.5 Å². The molecular formula is C29H21F6N3O3. The number of aromatic nitrogens is 1. The van der Waals surface area contributed by atoms with Crippen molar-refractivity contribution in [2.45, 2.75) is 30.4 Å². The number of hydrogen-bond donors (Lipinski definition) is 3. The van der Waals surface area contributed by atoms with Crippen LogP contribution in [-0.4, -0.2) is 40.6 Å². The van der Waals surface area contributed by atoms with E-state index in [1.807, 2.05) is 0 Å². The highest BCUT2D eigenvalue weighted by Crippen LogP contribution is 2.36. The second-order valence-electron chi connectivity index (χ2n) is 9.69. The number of aromatic amines is 1. The van der Waals surface area contributed by atoms with Crippen molar-refractivity contribution in [3.63, 3.8) is 0 Å². The van der Waals surface area contributed by atoms with Crippen molar-refractivity contribution in [1.82, 2.24) is 15.6 Å². The smallest absolute Gasteiger partial charge is 0.361 e. The number of H-pyrrole nitrogens is 1. The lowest BCUT2D eigenvalue weighted by atomic mass is 9.79. The van der Waals surface area contributed by atoms with Gasteiger partial charge in [0.2, 0.25) is 5.91 Å². The van der Waals surface area contributed by atoms with Gasteiger partial charge in [0.25, 0.3) is 0 Å². The van der Waals surface area contributed by atoms with Crippen LogP contribution in [0, 0.1) is 0 Å². The summed E-state index contributed by atoms with van der Waals surface area (Å²) in [7, 11) is 0. The summed E-state index contributed by atoms with van der Waals surface area (Å²) >= 11 is 0. The number of rotatable bonds is 6. The first kappa shape index (κ1) is 28.1. The van der Waals surface area contributed by atoms with Gasteiger partial charge >= 0.3 is 12.4 Å². The molecule has 1 fully saturated rings. The summed E-state index contributed by atoms with van der Waals surface area (Å²) in [4.78, 5) is 43.4. The molecule has 2 heterocycles. The third kappa shape index (κ3) is 5.22. The summed E-state index contributed by atoms with van der Waals surface area (Å²) in [5.41, 5.74) is -4.96. The van der Waals surface area contributed by atoms with Gasteiger partial charge in [0.1, 0.15) is 5.54 Å². The average molecular weight is 573 g/mol. The lowest BCUT2D eigenvalue weighted by Gasteiger charge is -2.41. The highest BCUT2D eigenvalue weighted by molar-refractivity contribution is 6.16. The van der Waals surface area contributed by atoms with E-state index in [9.17, 15) is 40.7 Å². The molecule has 12 heteroatoms. The second-order valence-corrected chi connectivity index (χ2v) is 9.69. The van der Waals surface area contributed by atoms with Crippen LogP contribution in [-0.2, 0) is 23.6 Å². The van der Waals surface area contributed by atoms with Crippen LogP contribution < -0.4 is 10.6 Å². The molecule has 212 valence electrons. The van der Waals surface area contributed by atoms with Crippen LogP contribution in [0.2, 0.25) is 0 Å². The number of nitrogens with one attached hydrogen (secondary N) is 3. The minimum absolute atomic E-state index is 0.299. The Balaban J connectivity index is 1.64. The highest BCUT2D eigenvalue weighted by Gasteiger charge is 2.50. The Morgan fingerprint density at radius 3 is 2.02 bits per heavy atom. The van der Waals surface area contributed by atoms with Crippen molar-refractivity contribution in [3.05, 3.63) is 107 Å². The topological polar surface area (TPSA) is 91.1 Å². The quantitative estimate of drug-likeness (QED) is 0.165. The molecule has 3 aromatic carbocycles. The van der Waals surface area contributed by atoms with E-state index in [0.29, 0.717) is 22.5 Å². The number of benzene rings is 3. The molecule has 2 atom stereocenters. The molecule has 1 aromatic heterocycles. The number of piperazine rings is 1. The van der Waals surface area contributed by atoms with Crippen molar-refractivity contribution in [2.24, 2.45) is 0 Å². The Kier molecular flexibility index (Phi) is 6.98. The number of amides is 1. The zero-order valence-corrected chi connectivity index (χ0v) is 21.0. The van der Waals surface area contributed by atoms with Crippen molar-refractivity contribution in [1.29, 1.82) is 0 Å². The minimum Gasteiger partial charge on any atom is -0.361 e. The predicted molar refractivity (Wildman–Crippen MR) is 136 cm³/mol. The van der Waals surface area contributed by atoms with Crippen LogP contribution in [0.1, 0.15) is 37.4 Å². The Bertz CT molecular complexity index is 1660. The molecule has 6 nitrogen and oxygen atoms in total. The summed E-state index contributed by atoms with van der Waals surface area (Å²) in [5, 5.41) is 5.63. The Hall–Kier alpha value is -4.45. The highest BCUT2D eigenvalue weighted by atomic mass is 19.4. The zero-order valence-electron chi connectivity index (χ0n) is 21.0. The fourth-order valence-electron chi connectivity index (χ4n) is 5.15. The number of para-hydroxylation sites is 1. The van der Waals surface area contributed by atoms with Crippen LogP contribution in [0.4, 0.5) is 26.3 Å². The average Bonchev–Trinajstić information content (AvgIpc) is 3.35. The molecule has 0 radical (unpaired) electrons. The van der Waals surface area contributed by atoms with E-state index < -0.39 is 70.2 Å². The standard InChI is InChI=1S/C29H21F6N3O3/c30-28(31,32)20-10-4-1-8-18(20)24(39)23-26(41)37-15-27(38-23,13-16-14-36-22-12-6-3-7-17(16)22)25(40)19-9-2-5-11-21(19)29(33,34)35/h1-12,14,23,36,38H,13,15H2,(H,37,41). The van der Waals surface area contributed by atoms with Crippen LogP contribution in [0.5, 0.6) is 0 Å². The van der Waals surface area contributed by atoms with Crippen molar-refractivity contribution < 1.29 is 40.7 Å². The molecule has 0 saturated carbocycles. The van der Waals surface area contributed by atoms with Gasteiger partial charge < -0.3 is 10.3 Å². The summed E-state index contributed by atoms with van der Waals surface area (Å²) < 4.78 is 82.8. The summed E-state index contributed by atoms with van der Waals surface area (Å²) in [6.45, 7) is -0.527. The van der Waals surface area contributed by atoms with Gasteiger partial charge in [-0.05, 0) is 23.8 Å². The number of hydrogen-bond acceptors (Lipinski definition) is 4. The van der Waals surface area contributed by atoms with Gasteiger partial charge in [-0.15, -0.1) is 0 Å². The molecule has 1 aliphatic heterocycles. The van der Waals surface area contributed by atoms with E-state index in [0.717, 1.165) is 30.3 Å². The van der Waals surface area contributed by atoms with E-state index in [4.69, 9.17) is 0 Å². The fourth-order valence-corrected chi connectivity index (χ4v) is 5.15. The first-order valence-electron chi connectivity index (χ1n) is 12.3. The van der Waals surface area contributed by atoms with Crippen molar-refractivity contribution in [2.75, 3.05) is 6.54 Å². The monoisotopic (exact) mass is 573 g/mol. The van der Waals surface area contributed by atoms with Crippen LogP contribution >= 0.6 is 0 Å². The Morgan fingerprint density at radius 2 is 1.37 bits per heavy atom.